The minimum Gasteiger partial charge on any atom is -0.370 e. The van der Waals surface area contributed by atoms with Gasteiger partial charge in [0.25, 0.3) is 6.20 Å². The SMILES string of the molecule is CN/C(=C/[N+](=O)[O-])NCCSCc1[nH]cnc1Br. The van der Waals surface area contributed by atoms with Gasteiger partial charge in [-0.1, -0.05) is 0 Å². The molecule has 0 aliphatic heterocycles. The normalized spacial score (nSPS) is 11.3. The molecule has 18 heavy (non-hydrogen) atoms. The Kier molecular flexibility index (Phi) is 6.58. The van der Waals surface area contributed by atoms with Gasteiger partial charge >= 0.3 is 0 Å². The van der Waals surface area contributed by atoms with Gasteiger partial charge in [-0.3, -0.25) is 10.1 Å². The van der Waals surface area contributed by atoms with Crippen molar-refractivity contribution in [2.45, 2.75) is 5.75 Å². The molecule has 1 heterocycles. The molecule has 0 aliphatic carbocycles. The second-order valence-corrected chi connectivity index (χ2v) is 5.09. The Bertz CT molecular complexity index is 423. The van der Waals surface area contributed by atoms with E-state index in [9.17, 15) is 10.1 Å². The van der Waals surface area contributed by atoms with Crippen molar-refractivity contribution in [1.29, 1.82) is 0 Å². The zero-order valence-corrected chi connectivity index (χ0v) is 12.2. The molecule has 3 N–H and O–H groups in total. The smallest absolute Gasteiger partial charge is 0.274 e. The number of aromatic amines is 1. The van der Waals surface area contributed by atoms with Crippen molar-refractivity contribution < 1.29 is 4.92 Å². The molecular weight excluding hydrogens is 322 g/mol. The van der Waals surface area contributed by atoms with Crippen LogP contribution in [0.2, 0.25) is 0 Å². The molecule has 100 valence electrons. The van der Waals surface area contributed by atoms with Crippen molar-refractivity contribution in [3.63, 3.8) is 0 Å². The van der Waals surface area contributed by atoms with Gasteiger partial charge in [-0.15, -0.1) is 0 Å². The number of nitro groups is 1. The standard InChI is InChI=1S/C9H14BrN5O2S/c1-11-8(4-15(16)17)12-2-3-18-5-7-9(10)14-6-13-7/h4,6,11-12H,2-3,5H2,1H3,(H,13,14)/b8-4-. The maximum atomic E-state index is 10.3. The predicted molar refractivity (Wildman–Crippen MR) is 74.6 cm³/mol. The Hall–Kier alpha value is -1.22. The van der Waals surface area contributed by atoms with E-state index < -0.39 is 4.92 Å². The van der Waals surface area contributed by atoms with Gasteiger partial charge in [0.15, 0.2) is 5.82 Å². The van der Waals surface area contributed by atoms with Crippen LogP contribution < -0.4 is 10.6 Å². The molecule has 0 aliphatic rings. The summed E-state index contributed by atoms with van der Waals surface area (Å²) in [6.45, 7) is 0.650. The van der Waals surface area contributed by atoms with E-state index in [0.717, 1.165) is 28.0 Å². The number of aromatic nitrogens is 2. The molecule has 1 rings (SSSR count). The van der Waals surface area contributed by atoms with Gasteiger partial charge in [-0.05, 0) is 15.9 Å². The number of nitrogens with zero attached hydrogens (tertiary/aromatic N) is 2. The van der Waals surface area contributed by atoms with Crippen molar-refractivity contribution in [3.05, 3.63) is 38.8 Å². The molecular formula is C9H14BrN5O2S. The van der Waals surface area contributed by atoms with E-state index in [2.05, 4.69) is 36.5 Å². The van der Waals surface area contributed by atoms with Crippen LogP contribution >= 0.6 is 27.7 Å². The number of hydrogen-bond donors (Lipinski definition) is 3. The molecule has 0 fully saturated rings. The molecule has 0 atom stereocenters. The van der Waals surface area contributed by atoms with Crippen LogP contribution in [0.3, 0.4) is 0 Å². The van der Waals surface area contributed by atoms with Gasteiger partial charge < -0.3 is 15.6 Å². The lowest BCUT2D eigenvalue weighted by molar-refractivity contribution is -0.404. The molecule has 0 radical (unpaired) electrons. The second-order valence-electron chi connectivity index (χ2n) is 3.23. The first-order valence-electron chi connectivity index (χ1n) is 5.16. The molecule has 0 aromatic carbocycles. The summed E-state index contributed by atoms with van der Waals surface area (Å²) < 4.78 is 0.826. The largest absolute Gasteiger partial charge is 0.370 e. The molecule has 0 saturated heterocycles. The number of hydrogen-bond acceptors (Lipinski definition) is 6. The zero-order valence-electron chi connectivity index (χ0n) is 9.77. The fraction of sp³-hybridized carbons (Fsp3) is 0.444. The number of thioether (sulfide) groups is 1. The van der Waals surface area contributed by atoms with Gasteiger partial charge in [0.2, 0.25) is 0 Å². The number of imidazole rings is 1. The lowest BCUT2D eigenvalue weighted by Gasteiger charge is -2.07. The van der Waals surface area contributed by atoms with E-state index >= 15 is 0 Å². The second kappa shape index (κ2) is 7.98. The van der Waals surface area contributed by atoms with Crippen molar-refractivity contribution in [3.8, 4) is 0 Å². The monoisotopic (exact) mass is 335 g/mol. The highest BCUT2D eigenvalue weighted by Crippen LogP contribution is 2.16. The van der Waals surface area contributed by atoms with Crippen LogP contribution in [-0.4, -0.2) is 34.2 Å². The highest BCUT2D eigenvalue weighted by molar-refractivity contribution is 9.10. The van der Waals surface area contributed by atoms with E-state index in [1.54, 1.807) is 25.1 Å². The quantitative estimate of drug-likeness (QED) is 0.376. The van der Waals surface area contributed by atoms with Crippen molar-refractivity contribution in [1.82, 2.24) is 20.6 Å². The van der Waals surface area contributed by atoms with Gasteiger partial charge in [0.05, 0.1) is 16.9 Å². The lowest BCUT2D eigenvalue weighted by atomic mass is 10.6. The third-order valence-electron chi connectivity index (χ3n) is 1.98. The summed E-state index contributed by atoms with van der Waals surface area (Å²) in [6, 6.07) is 0. The van der Waals surface area contributed by atoms with Crippen molar-refractivity contribution in [2.24, 2.45) is 0 Å². The van der Waals surface area contributed by atoms with Gasteiger partial charge in [0, 0.05) is 25.1 Å². The van der Waals surface area contributed by atoms with Gasteiger partial charge in [-0.25, -0.2) is 4.98 Å². The van der Waals surface area contributed by atoms with Crippen LogP contribution in [0, 0.1) is 10.1 Å². The molecule has 9 heteroatoms. The Morgan fingerprint density at radius 2 is 2.56 bits per heavy atom. The fourth-order valence-electron chi connectivity index (χ4n) is 1.14. The predicted octanol–water partition coefficient (Wildman–Crippen LogP) is 1.29. The van der Waals surface area contributed by atoms with Crippen LogP contribution in [-0.2, 0) is 5.75 Å². The summed E-state index contributed by atoms with van der Waals surface area (Å²) in [5, 5.41) is 15.9. The number of H-pyrrole nitrogens is 1. The maximum Gasteiger partial charge on any atom is 0.274 e. The number of nitrogens with one attached hydrogen (secondary N) is 3. The third kappa shape index (κ3) is 5.41. The van der Waals surface area contributed by atoms with Crippen LogP contribution in [0.5, 0.6) is 0 Å². The molecule has 0 amide bonds. The summed E-state index contributed by atoms with van der Waals surface area (Å²) in [5.74, 6) is 2.06. The van der Waals surface area contributed by atoms with E-state index in [4.69, 9.17) is 0 Å². The van der Waals surface area contributed by atoms with Crippen LogP contribution in [0.15, 0.2) is 23.0 Å². The summed E-state index contributed by atoms with van der Waals surface area (Å²) >= 11 is 5.04. The Morgan fingerprint density at radius 3 is 3.11 bits per heavy atom. The number of halogens is 1. The highest BCUT2D eigenvalue weighted by atomic mass is 79.9. The third-order valence-corrected chi connectivity index (χ3v) is 3.65. The van der Waals surface area contributed by atoms with E-state index in [1.807, 2.05) is 0 Å². The summed E-state index contributed by atoms with van der Waals surface area (Å²) in [4.78, 5) is 16.8. The fourth-order valence-corrected chi connectivity index (χ4v) is 2.50. The van der Waals surface area contributed by atoms with Crippen molar-refractivity contribution in [2.75, 3.05) is 19.3 Å². The Morgan fingerprint density at radius 1 is 1.78 bits per heavy atom. The molecule has 0 bridgehead atoms. The average Bonchev–Trinajstić information content (AvgIpc) is 2.72. The van der Waals surface area contributed by atoms with E-state index in [0.29, 0.717) is 12.4 Å². The van der Waals surface area contributed by atoms with E-state index in [-0.39, 0.29) is 0 Å². The van der Waals surface area contributed by atoms with Crippen LogP contribution in [0.1, 0.15) is 5.69 Å². The first kappa shape index (κ1) is 14.8. The van der Waals surface area contributed by atoms with Gasteiger partial charge in [-0.2, -0.15) is 11.8 Å². The van der Waals surface area contributed by atoms with Crippen LogP contribution in [0.4, 0.5) is 0 Å². The molecule has 0 spiro atoms. The minimum atomic E-state index is -0.492. The number of rotatable bonds is 8. The summed E-state index contributed by atoms with van der Waals surface area (Å²) in [7, 11) is 1.64. The zero-order chi connectivity index (χ0) is 13.4. The Balaban J connectivity index is 2.19. The lowest BCUT2D eigenvalue weighted by Crippen LogP contribution is -2.26. The minimum absolute atomic E-state index is 0.406. The Labute approximate surface area is 117 Å². The maximum absolute atomic E-state index is 10.3. The van der Waals surface area contributed by atoms with E-state index in [1.165, 1.54) is 0 Å². The first-order valence-corrected chi connectivity index (χ1v) is 7.10. The molecule has 1 aromatic rings. The summed E-state index contributed by atoms with van der Waals surface area (Å²) in [6.07, 6.45) is 2.55. The summed E-state index contributed by atoms with van der Waals surface area (Å²) in [5.41, 5.74) is 1.04. The molecule has 7 nitrogen and oxygen atoms in total. The molecule has 1 aromatic heterocycles. The van der Waals surface area contributed by atoms with Crippen LogP contribution in [0.25, 0.3) is 0 Å². The van der Waals surface area contributed by atoms with Crippen molar-refractivity contribution >= 4 is 27.7 Å². The molecule has 0 saturated carbocycles. The first-order chi connectivity index (χ1) is 8.63. The molecule has 0 unspecified atom stereocenters. The topological polar surface area (TPSA) is 95.9 Å². The highest BCUT2D eigenvalue weighted by Gasteiger charge is 2.02. The van der Waals surface area contributed by atoms with Gasteiger partial charge in [0.1, 0.15) is 4.60 Å². The average molecular weight is 336 g/mol.